The lowest BCUT2D eigenvalue weighted by molar-refractivity contribution is -0.156. The highest BCUT2D eigenvalue weighted by atomic mass is 16.5. The molecule has 1 fully saturated rings. The van der Waals surface area contributed by atoms with Gasteiger partial charge in [-0.1, -0.05) is 49.6 Å². The molecule has 1 aromatic carbocycles. The molecule has 22 heavy (non-hydrogen) atoms. The quantitative estimate of drug-likeness (QED) is 0.796. The first-order valence-electron chi connectivity index (χ1n) is 7.91. The van der Waals surface area contributed by atoms with E-state index in [1.165, 1.54) is 12.7 Å². The number of hydrogen-bond donors (Lipinski definition) is 0. The van der Waals surface area contributed by atoms with E-state index in [1.807, 2.05) is 30.3 Å². The third-order valence-electron chi connectivity index (χ3n) is 4.19. The second-order valence-corrected chi connectivity index (χ2v) is 5.79. The fraction of sp³-hybridized carbons (Fsp3) is 0.471. The smallest absolute Gasteiger partial charge is 0.309 e. The molecule has 0 saturated heterocycles. The highest BCUT2D eigenvalue weighted by Crippen LogP contribution is 2.28. The molecule has 0 spiro atoms. The zero-order chi connectivity index (χ0) is 15.2. The number of esters is 1. The van der Waals surface area contributed by atoms with Gasteiger partial charge < -0.3 is 4.74 Å². The van der Waals surface area contributed by atoms with Crippen molar-refractivity contribution >= 4 is 5.97 Å². The molecule has 0 bridgehead atoms. The van der Waals surface area contributed by atoms with Crippen molar-refractivity contribution in [3.8, 4) is 0 Å². The normalized spacial score (nSPS) is 17.1. The van der Waals surface area contributed by atoms with Gasteiger partial charge in [-0.05, 0) is 18.4 Å². The number of aromatic nitrogens is 3. The van der Waals surface area contributed by atoms with Crippen LogP contribution in [0.4, 0.5) is 0 Å². The maximum absolute atomic E-state index is 12.4. The van der Waals surface area contributed by atoms with Crippen molar-refractivity contribution in [1.82, 2.24) is 14.8 Å². The Kier molecular flexibility index (Phi) is 4.83. The molecule has 0 radical (unpaired) electrons. The van der Waals surface area contributed by atoms with E-state index in [0.717, 1.165) is 31.2 Å². The summed E-state index contributed by atoms with van der Waals surface area (Å²) in [5.74, 6) is -0.0237. The Morgan fingerprint density at radius 1 is 1.23 bits per heavy atom. The van der Waals surface area contributed by atoms with Crippen LogP contribution < -0.4 is 0 Å². The number of ether oxygens (including phenoxy) is 1. The summed E-state index contributed by atoms with van der Waals surface area (Å²) in [4.78, 5) is 16.4. The molecule has 1 saturated carbocycles. The van der Waals surface area contributed by atoms with Gasteiger partial charge in [-0.25, -0.2) is 9.67 Å². The third kappa shape index (κ3) is 3.72. The van der Waals surface area contributed by atoms with E-state index in [4.69, 9.17) is 4.74 Å². The minimum absolute atomic E-state index is 0.0516. The Labute approximate surface area is 130 Å². The molecule has 1 aromatic heterocycles. The zero-order valence-corrected chi connectivity index (χ0v) is 12.6. The average Bonchev–Trinajstić information content (AvgIpc) is 3.09. The van der Waals surface area contributed by atoms with Gasteiger partial charge in [-0.15, -0.1) is 0 Å². The van der Waals surface area contributed by atoms with Crippen LogP contribution in [0.25, 0.3) is 0 Å². The summed E-state index contributed by atoms with van der Waals surface area (Å²) in [7, 11) is 0. The van der Waals surface area contributed by atoms with Crippen LogP contribution in [0.5, 0.6) is 0 Å². The highest BCUT2D eigenvalue weighted by Gasteiger charge is 2.26. The fourth-order valence-electron chi connectivity index (χ4n) is 2.95. The Balaban J connectivity index is 1.71. The van der Waals surface area contributed by atoms with Crippen LogP contribution in [0, 0.1) is 5.92 Å². The number of benzene rings is 1. The molecular formula is C17H21N3O2. The molecule has 2 aromatic rings. The predicted octanol–water partition coefficient (Wildman–Crippen LogP) is 3.14. The maximum Gasteiger partial charge on any atom is 0.309 e. The van der Waals surface area contributed by atoms with Crippen LogP contribution >= 0.6 is 0 Å². The van der Waals surface area contributed by atoms with Gasteiger partial charge in [0.25, 0.3) is 0 Å². The molecule has 1 aliphatic rings. The Morgan fingerprint density at radius 2 is 2.00 bits per heavy atom. The molecule has 3 rings (SSSR count). The summed E-state index contributed by atoms with van der Waals surface area (Å²) in [6.45, 7) is 0.489. The van der Waals surface area contributed by atoms with Crippen LogP contribution in [0.15, 0.2) is 43.0 Å². The van der Waals surface area contributed by atoms with Gasteiger partial charge in [0, 0.05) is 0 Å². The van der Waals surface area contributed by atoms with Gasteiger partial charge >= 0.3 is 5.97 Å². The lowest BCUT2D eigenvalue weighted by Crippen LogP contribution is -2.24. The molecule has 5 heteroatoms. The minimum Gasteiger partial charge on any atom is -0.455 e. The fourth-order valence-corrected chi connectivity index (χ4v) is 2.95. The van der Waals surface area contributed by atoms with E-state index < -0.39 is 0 Å². The van der Waals surface area contributed by atoms with Crippen molar-refractivity contribution in [2.24, 2.45) is 5.92 Å². The van der Waals surface area contributed by atoms with Crippen molar-refractivity contribution in [3.05, 3.63) is 48.5 Å². The van der Waals surface area contributed by atoms with Crippen LogP contribution in [0.1, 0.15) is 43.8 Å². The molecule has 0 aliphatic heterocycles. The second-order valence-electron chi connectivity index (χ2n) is 5.79. The summed E-state index contributed by atoms with van der Waals surface area (Å²) in [5.41, 5.74) is 0.988. The predicted molar refractivity (Wildman–Crippen MR) is 81.9 cm³/mol. The van der Waals surface area contributed by atoms with Crippen LogP contribution in [0.3, 0.4) is 0 Å². The summed E-state index contributed by atoms with van der Waals surface area (Å²) < 4.78 is 7.52. The van der Waals surface area contributed by atoms with E-state index in [9.17, 15) is 4.79 Å². The largest absolute Gasteiger partial charge is 0.455 e. The van der Waals surface area contributed by atoms with Gasteiger partial charge in [-0.2, -0.15) is 5.10 Å². The van der Waals surface area contributed by atoms with Crippen molar-refractivity contribution in [1.29, 1.82) is 0 Å². The molecule has 5 nitrogen and oxygen atoms in total. The van der Waals surface area contributed by atoms with Gasteiger partial charge in [0.05, 0.1) is 12.5 Å². The molecule has 1 unspecified atom stereocenters. The summed E-state index contributed by atoms with van der Waals surface area (Å²) in [6.07, 6.45) is 8.18. The van der Waals surface area contributed by atoms with Gasteiger partial charge in [0.2, 0.25) is 0 Å². The van der Waals surface area contributed by atoms with Crippen molar-refractivity contribution in [2.45, 2.75) is 44.8 Å². The number of carbonyl (C=O) groups excluding carboxylic acids is 1. The first kappa shape index (κ1) is 14.8. The van der Waals surface area contributed by atoms with E-state index in [-0.39, 0.29) is 18.0 Å². The lowest BCUT2D eigenvalue weighted by Gasteiger charge is -2.24. The Hall–Kier alpha value is -2.17. The molecule has 0 N–H and O–H groups in total. The SMILES string of the molecule is O=C(OC(Cn1cncn1)c1ccccc1)C1CCCCC1. The first-order chi connectivity index (χ1) is 10.8. The second kappa shape index (κ2) is 7.20. The molecular weight excluding hydrogens is 278 g/mol. The van der Waals surface area contributed by atoms with Crippen LogP contribution in [0.2, 0.25) is 0 Å². The van der Waals surface area contributed by atoms with Crippen molar-refractivity contribution in [2.75, 3.05) is 0 Å². The first-order valence-corrected chi connectivity index (χ1v) is 7.91. The molecule has 1 atom stereocenters. The van der Waals surface area contributed by atoms with Gasteiger partial charge in [0.1, 0.15) is 18.8 Å². The molecule has 1 aliphatic carbocycles. The number of rotatable bonds is 5. The van der Waals surface area contributed by atoms with E-state index in [0.29, 0.717) is 6.54 Å². The number of hydrogen-bond acceptors (Lipinski definition) is 4. The molecule has 116 valence electrons. The van der Waals surface area contributed by atoms with E-state index >= 15 is 0 Å². The van der Waals surface area contributed by atoms with Crippen LogP contribution in [-0.2, 0) is 16.1 Å². The molecule has 0 amide bonds. The van der Waals surface area contributed by atoms with Crippen molar-refractivity contribution < 1.29 is 9.53 Å². The zero-order valence-electron chi connectivity index (χ0n) is 12.6. The summed E-state index contributed by atoms with van der Waals surface area (Å²) in [6, 6.07) is 9.83. The van der Waals surface area contributed by atoms with Crippen LogP contribution in [-0.4, -0.2) is 20.7 Å². The third-order valence-corrected chi connectivity index (χ3v) is 4.19. The minimum atomic E-state index is -0.322. The molecule has 1 heterocycles. The Morgan fingerprint density at radius 3 is 2.68 bits per heavy atom. The van der Waals surface area contributed by atoms with E-state index in [2.05, 4.69) is 10.1 Å². The van der Waals surface area contributed by atoms with Gasteiger partial charge in [0.15, 0.2) is 0 Å². The highest BCUT2D eigenvalue weighted by molar-refractivity contribution is 5.72. The maximum atomic E-state index is 12.4. The summed E-state index contributed by atoms with van der Waals surface area (Å²) >= 11 is 0. The Bertz CT molecular complexity index is 577. The standard InChI is InChI=1S/C17H21N3O2/c21-17(15-9-5-2-6-10-15)22-16(11-20-13-18-12-19-20)14-7-3-1-4-8-14/h1,3-4,7-8,12-13,15-16H,2,5-6,9-11H2. The van der Waals surface area contributed by atoms with Gasteiger partial charge in [-0.3, -0.25) is 4.79 Å². The van der Waals surface area contributed by atoms with E-state index in [1.54, 1.807) is 11.0 Å². The topological polar surface area (TPSA) is 57.0 Å². The lowest BCUT2D eigenvalue weighted by atomic mass is 9.89. The number of nitrogens with zero attached hydrogens (tertiary/aromatic N) is 3. The number of carbonyl (C=O) groups is 1. The monoisotopic (exact) mass is 299 g/mol. The average molecular weight is 299 g/mol. The van der Waals surface area contributed by atoms with Crippen molar-refractivity contribution in [3.63, 3.8) is 0 Å². The summed E-state index contributed by atoms with van der Waals surface area (Å²) in [5, 5.41) is 4.12.